The van der Waals surface area contributed by atoms with Crippen LogP contribution < -0.4 is 5.32 Å². The van der Waals surface area contributed by atoms with Crippen LogP contribution in [0.5, 0.6) is 0 Å². The summed E-state index contributed by atoms with van der Waals surface area (Å²) in [4.78, 5) is 0. The van der Waals surface area contributed by atoms with Crippen LogP contribution in [0.4, 0.5) is 0 Å². The second kappa shape index (κ2) is 3.28. The molecule has 0 aliphatic rings. The maximum Gasteiger partial charge on any atom is 0.109 e. The van der Waals surface area contributed by atoms with Gasteiger partial charge in [-0.05, 0) is 12.3 Å². The molecule has 2 heteroatoms. The molecule has 0 unspecified atom stereocenters. The van der Waals surface area contributed by atoms with E-state index in [0.29, 0.717) is 0 Å². The molecule has 0 atom stereocenters. The third-order valence-corrected chi connectivity index (χ3v) is 0.442. The smallest absolute Gasteiger partial charge is 0.109 e. The monoisotopic (exact) mass is 99.1 g/mol. The predicted octanol–water partition coefficient (Wildman–Crippen LogP) is 0.791. The molecule has 40 valence electrons. The van der Waals surface area contributed by atoms with E-state index < -0.39 is 0 Å². The Morgan fingerprint density at radius 1 is 1.86 bits per heavy atom. The van der Waals surface area contributed by atoms with Crippen LogP contribution in [-0.4, -0.2) is 12.2 Å². The van der Waals surface area contributed by atoms with Gasteiger partial charge in [0.25, 0.3) is 0 Å². The third kappa shape index (κ3) is 5.08. The van der Waals surface area contributed by atoms with Gasteiger partial charge in [0.1, 0.15) is 5.76 Å². The number of allylic oxidation sites excluding steroid dienone is 1. The Balaban J connectivity index is 3.26. The van der Waals surface area contributed by atoms with Crippen LogP contribution in [-0.2, 0) is 0 Å². The third-order valence-electron chi connectivity index (χ3n) is 0.442. The van der Waals surface area contributed by atoms with E-state index in [1.54, 1.807) is 13.2 Å². The van der Waals surface area contributed by atoms with Gasteiger partial charge in [-0.15, -0.1) is 0 Å². The summed E-state index contributed by atoms with van der Waals surface area (Å²) in [6.45, 7) is 3.22. The Morgan fingerprint density at radius 2 is 2.43 bits per heavy atom. The van der Waals surface area contributed by atoms with Crippen LogP contribution in [0.2, 0.25) is 0 Å². The summed E-state index contributed by atoms with van der Waals surface area (Å²) in [5, 5.41) is 11.1. The quantitative estimate of drug-likeness (QED) is 0.396. The Morgan fingerprint density at radius 3 is 2.57 bits per heavy atom. The summed E-state index contributed by atoms with van der Waals surface area (Å²) in [5.41, 5.74) is 0. The lowest BCUT2D eigenvalue weighted by Crippen LogP contribution is -1.90. The summed E-state index contributed by atoms with van der Waals surface area (Å²) in [5.74, 6) is 0.0642. The van der Waals surface area contributed by atoms with Gasteiger partial charge in [0, 0.05) is 7.05 Å². The topological polar surface area (TPSA) is 32.3 Å². The molecule has 0 saturated carbocycles. The first-order valence-electron chi connectivity index (χ1n) is 1.99. The van der Waals surface area contributed by atoms with Gasteiger partial charge in [0.05, 0.1) is 0 Å². The van der Waals surface area contributed by atoms with Gasteiger partial charge in [-0.3, -0.25) is 0 Å². The second-order valence-electron chi connectivity index (χ2n) is 1.11. The molecule has 0 heterocycles. The molecule has 0 aromatic carbocycles. The summed E-state index contributed by atoms with van der Waals surface area (Å²) < 4.78 is 0. The molecule has 0 saturated heterocycles. The van der Waals surface area contributed by atoms with Crippen LogP contribution in [0.15, 0.2) is 24.6 Å². The lowest BCUT2D eigenvalue weighted by atomic mass is 10.5. The highest BCUT2D eigenvalue weighted by atomic mass is 16.3. The highest BCUT2D eigenvalue weighted by Gasteiger charge is 1.69. The molecule has 0 aliphatic carbocycles. The Hall–Kier alpha value is -0.920. The van der Waals surface area contributed by atoms with Crippen molar-refractivity contribution in [3.63, 3.8) is 0 Å². The highest BCUT2D eigenvalue weighted by molar-refractivity contribution is 5.03. The largest absolute Gasteiger partial charge is 0.509 e. The minimum atomic E-state index is 0.0642. The number of rotatable bonds is 2. The lowest BCUT2D eigenvalue weighted by molar-refractivity contribution is 0.435. The van der Waals surface area contributed by atoms with E-state index in [9.17, 15) is 0 Å². The summed E-state index contributed by atoms with van der Waals surface area (Å²) in [6, 6.07) is 0. The Kier molecular flexibility index (Phi) is 2.85. The summed E-state index contributed by atoms with van der Waals surface area (Å²) in [6.07, 6.45) is 3.07. The molecule has 2 nitrogen and oxygen atoms in total. The fraction of sp³-hybridized carbons (Fsp3) is 0.200. The summed E-state index contributed by atoms with van der Waals surface area (Å²) >= 11 is 0. The van der Waals surface area contributed by atoms with E-state index in [1.165, 1.54) is 6.08 Å². The van der Waals surface area contributed by atoms with Crippen molar-refractivity contribution in [2.75, 3.05) is 7.05 Å². The fourth-order valence-electron chi connectivity index (χ4n) is 0.180. The standard InChI is InChI=1S/C5H9NO/c1-5(7)3-4-6-2/h3-4,6-7H,1H2,2H3/b4-3-. The molecule has 0 fully saturated rings. The lowest BCUT2D eigenvalue weighted by Gasteiger charge is -1.83. The van der Waals surface area contributed by atoms with E-state index in [0.717, 1.165) is 0 Å². The molecule has 0 rings (SSSR count). The molecule has 0 bridgehead atoms. The zero-order valence-corrected chi connectivity index (χ0v) is 4.31. The van der Waals surface area contributed by atoms with Crippen LogP contribution >= 0.6 is 0 Å². The van der Waals surface area contributed by atoms with E-state index in [-0.39, 0.29) is 5.76 Å². The van der Waals surface area contributed by atoms with Crippen LogP contribution in [0.3, 0.4) is 0 Å². The molecule has 7 heavy (non-hydrogen) atoms. The first kappa shape index (κ1) is 6.08. The first-order chi connectivity index (χ1) is 3.27. The first-order valence-corrected chi connectivity index (χ1v) is 1.99. The van der Waals surface area contributed by atoms with E-state index in [4.69, 9.17) is 5.11 Å². The van der Waals surface area contributed by atoms with E-state index >= 15 is 0 Å². The van der Waals surface area contributed by atoms with Gasteiger partial charge in [-0.25, -0.2) is 0 Å². The van der Waals surface area contributed by atoms with Gasteiger partial charge in [0.2, 0.25) is 0 Å². The maximum atomic E-state index is 8.36. The molecule has 0 spiro atoms. The molecule has 0 amide bonds. The fourth-order valence-corrected chi connectivity index (χ4v) is 0.180. The van der Waals surface area contributed by atoms with Crippen molar-refractivity contribution in [2.24, 2.45) is 0 Å². The van der Waals surface area contributed by atoms with Crippen LogP contribution in [0.25, 0.3) is 0 Å². The van der Waals surface area contributed by atoms with Crippen molar-refractivity contribution in [3.8, 4) is 0 Å². The van der Waals surface area contributed by atoms with Crippen molar-refractivity contribution in [1.82, 2.24) is 5.32 Å². The normalized spacial score (nSPS) is 9.29. The molecule has 0 aromatic heterocycles. The van der Waals surface area contributed by atoms with Crippen molar-refractivity contribution in [1.29, 1.82) is 0 Å². The molecule has 0 aromatic rings. The van der Waals surface area contributed by atoms with Crippen molar-refractivity contribution >= 4 is 0 Å². The number of nitrogens with one attached hydrogen (secondary N) is 1. The number of aliphatic hydroxyl groups excluding tert-OH is 1. The Labute approximate surface area is 43.2 Å². The average molecular weight is 99.1 g/mol. The predicted molar refractivity (Wildman–Crippen MR) is 30.0 cm³/mol. The van der Waals surface area contributed by atoms with Crippen molar-refractivity contribution in [3.05, 3.63) is 24.6 Å². The molecular formula is C5H9NO. The Bertz CT molecular complexity index is 86.1. The maximum absolute atomic E-state index is 8.36. The number of hydrogen-bond donors (Lipinski definition) is 2. The zero-order chi connectivity index (χ0) is 5.70. The van der Waals surface area contributed by atoms with Crippen LogP contribution in [0.1, 0.15) is 0 Å². The van der Waals surface area contributed by atoms with Crippen molar-refractivity contribution < 1.29 is 5.11 Å². The van der Waals surface area contributed by atoms with Gasteiger partial charge in [-0.1, -0.05) is 6.58 Å². The van der Waals surface area contributed by atoms with E-state index in [2.05, 4.69) is 11.9 Å². The zero-order valence-electron chi connectivity index (χ0n) is 4.31. The number of aliphatic hydroxyl groups is 1. The average Bonchev–Trinajstić information content (AvgIpc) is 1.61. The van der Waals surface area contributed by atoms with Crippen LogP contribution in [0, 0.1) is 0 Å². The van der Waals surface area contributed by atoms with Gasteiger partial charge < -0.3 is 10.4 Å². The SMILES string of the molecule is C=C(O)/C=C\NC. The summed E-state index contributed by atoms with van der Waals surface area (Å²) in [7, 11) is 1.75. The molecule has 0 radical (unpaired) electrons. The number of hydrogen-bond acceptors (Lipinski definition) is 2. The minimum Gasteiger partial charge on any atom is -0.509 e. The highest BCUT2D eigenvalue weighted by Crippen LogP contribution is 1.79. The van der Waals surface area contributed by atoms with E-state index in [1.807, 2.05) is 0 Å². The van der Waals surface area contributed by atoms with Gasteiger partial charge in [-0.2, -0.15) is 0 Å². The van der Waals surface area contributed by atoms with Gasteiger partial charge >= 0.3 is 0 Å². The molecule has 2 N–H and O–H groups in total. The minimum absolute atomic E-state index is 0.0642. The van der Waals surface area contributed by atoms with Gasteiger partial charge in [0.15, 0.2) is 0 Å². The van der Waals surface area contributed by atoms with Crippen molar-refractivity contribution in [2.45, 2.75) is 0 Å². The second-order valence-corrected chi connectivity index (χ2v) is 1.11. The molecular weight excluding hydrogens is 90.1 g/mol. The molecule has 0 aliphatic heterocycles.